The smallest absolute Gasteiger partial charge is 0.657 e. The zero-order valence-corrected chi connectivity index (χ0v) is 27.1. The van der Waals surface area contributed by atoms with E-state index in [9.17, 15) is 30.0 Å². The number of carboxylic acids is 2. The van der Waals surface area contributed by atoms with E-state index in [4.69, 9.17) is 19.9 Å². The van der Waals surface area contributed by atoms with Crippen molar-refractivity contribution in [1.29, 1.82) is 0 Å². The second-order valence-electron chi connectivity index (χ2n) is 11.5. The standard InChI is InChI=1S/C34H36N4O6.Fe/c1-15-21(7-9-31(41)42)27-14-28-22(8-10-32(43)44)16(2)24(36-28)12-29-34(20(6)40)18(4)26(38-29)13-30-33(19(5)39)17(3)25(37-30)11-23(15)35-27;/h11-14,19-20,39-40H,7-10H2,1-6H3,(H,41,42)(H,43,44);/q-4;+4/b23-11?,24-12-,25-11-,26-13?,27-14?,28-14-,29-12?,30-13-;. The Balaban J connectivity index is 0.00000461. The average molecular weight is 653 g/mol. The van der Waals surface area contributed by atoms with Crippen molar-refractivity contribution in [3.05, 3.63) is 88.7 Å². The predicted octanol–water partition coefficient (Wildman–Crippen LogP) is 0.516. The molecule has 4 aromatic heterocycles. The average Bonchev–Trinajstić information content (AvgIpc) is 3.59. The molecule has 10 nitrogen and oxygen atoms in total. The summed E-state index contributed by atoms with van der Waals surface area (Å²) in [6.45, 7) is 10.9. The zero-order valence-electron chi connectivity index (χ0n) is 26.0. The Labute approximate surface area is 270 Å². The van der Waals surface area contributed by atoms with Gasteiger partial charge in [0.2, 0.25) is 0 Å². The van der Waals surface area contributed by atoms with E-state index in [2.05, 4.69) is 0 Å². The molecule has 0 spiro atoms. The summed E-state index contributed by atoms with van der Waals surface area (Å²) < 4.78 is 0. The van der Waals surface area contributed by atoms with Gasteiger partial charge in [-0.2, -0.15) is 0 Å². The molecule has 0 saturated carbocycles. The topological polar surface area (TPSA) is 171 Å². The molecule has 0 saturated heterocycles. The first kappa shape index (κ1) is 33.9. The van der Waals surface area contributed by atoms with Crippen molar-refractivity contribution in [2.24, 2.45) is 0 Å². The summed E-state index contributed by atoms with van der Waals surface area (Å²) in [5, 5.41) is 42.7. The summed E-state index contributed by atoms with van der Waals surface area (Å²) in [6, 6.07) is 0. The molecule has 5 rings (SSSR count). The number of aromatic nitrogens is 4. The third-order valence-electron chi connectivity index (χ3n) is 8.49. The number of nitrogens with zero attached hydrogens (tertiary/aromatic N) is 4. The molecule has 0 fully saturated rings. The number of aliphatic carboxylic acids is 2. The van der Waals surface area contributed by atoms with E-state index in [1.165, 1.54) is 0 Å². The van der Waals surface area contributed by atoms with Gasteiger partial charge >= 0.3 is 29.0 Å². The summed E-state index contributed by atoms with van der Waals surface area (Å²) in [5.41, 5.74) is 8.32. The van der Waals surface area contributed by atoms with Gasteiger partial charge in [0, 0.05) is 12.8 Å². The molecule has 0 amide bonds. The van der Waals surface area contributed by atoms with Crippen molar-refractivity contribution in [2.75, 3.05) is 0 Å². The molecular weight excluding hydrogens is 616 g/mol. The molecule has 5 heterocycles. The number of carbonyl (C=O) groups is 2. The minimum atomic E-state index is -0.931. The molecule has 2 atom stereocenters. The summed E-state index contributed by atoms with van der Waals surface area (Å²) in [5.74, 6) is -1.86. The van der Waals surface area contributed by atoms with Gasteiger partial charge in [-0.1, -0.05) is 57.7 Å². The first-order chi connectivity index (χ1) is 20.8. The van der Waals surface area contributed by atoms with Gasteiger partial charge in [-0.05, 0) is 65.5 Å². The molecule has 8 bridgehead atoms. The molecule has 2 unspecified atom stereocenters. The number of aliphatic hydroxyl groups is 2. The molecule has 1 aliphatic heterocycles. The minimum absolute atomic E-state index is 0. The van der Waals surface area contributed by atoms with Crippen LogP contribution in [0.3, 0.4) is 0 Å². The number of hydrogen-bond acceptors (Lipinski definition) is 4. The quantitative estimate of drug-likeness (QED) is 0.173. The molecule has 4 N–H and O–H groups in total. The Morgan fingerprint density at radius 3 is 1.64 bits per heavy atom. The van der Waals surface area contributed by atoms with Crippen molar-refractivity contribution in [3.8, 4) is 0 Å². The molecule has 236 valence electrons. The van der Waals surface area contributed by atoms with E-state index in [0.717, 1.165) is 33.4 Å². The van der Waals surface area contributed by atoms with Gasteiger partial charge in [-0.15, -0.1) is 44.2 Å². The van der Waals surface area contributed by atoms with Crippen LogP contribution in [0.1, 0.15) is 106 Å². The van der Waals surface area contributed by atoms with Crippen LogP contribution in [0.25, 0.3) is 24.3 Å². The van der Waals surface area contributed by atoms with Crippen LogP contribution in [-0.2, 0) is 39.5 Å². The number of carboxylic acid groups (broad SMARTS) is 2. The van der Waals surface area contributed by atoms with Crippen LogP contribution in [0.5, 0.6) is 0 Å². The fourth-order valence-corrected chi connectivity index (χ4v) is 6.15. The van der Waals surface area contributed by atoms with Gasteiger partial charge < -0.3 is 40.4 Å². The first-order valence-corrected chi connectivity index (χ1v) is 14.6. The van der Waals surface area contributed by atoms with Crippen molar-refractivity contribution in [2.45, 2.75) is 79.4 Å². The van der Waals surface area contributed by atoms with E-state index in [1.54, 1.807) is 26.0 Å². The van der Waals surface area contributed by atoms with Crippen LogP contribution in [0.2, 0.25) is 0 Å². The summed E-state index contributed by atoms with van der Waals surface area (Å²) in [4.78, 5) is 42.6. The van der Waals surface area contributed by atoms with Crippen LogP contribution in [-0.4, -0.2) is 32.4 Å². The van der Waals surface area contributed by atoms with Gasteiger partial charge in [0.15, 0.2) is 0 Å². The molecule has 0 aliphatic carbocycles. The third kappa shape index (κ3) is 6.53. The zero-order chi connectivity index (χ0) is 32.0. The van der Waals surface area contributed by atoms with Gasteiger partial charge in [-0.25, -0.2) is 0 Å². The number of hydrogen-bond donors (Lipinski definition) is 4. The van der Waals surface area contributed by atoms with Gasteiger partial charge in [-0.3, -0.25) is 9.59 Å². The van der Waals surface area contributed by atoms with E-state index in [-0.39, 0.29) is 42.8 Å². The maximum atomic E-state index is 11.5. The Kier molecular flexibility index (Phi) is 9.89. The van der Waals surface area contributed by atoms with Crippen molar-refractivity contribution in [1.82, 2.24) is 19.9 Å². The largest absolute Gasteiger partial charge is 4.00 e. The Hall–Kier alpha value is -4.02. The van der Waals surface area contributed by atoms with Crippen molar-refractivity contribution < 1.29 is 47.1 Å². The molecule has 11 heteroatoms. The molecule has 0 radical (unpaired) electrons. The second kappa shape index (κ2) is 13.1. The number of fused-ring (bicyclic) bond motifs is 8. The fraction of sp³-hybridized carbons (Fsp3) is 0.353. The molecule has 45 heavy (non-hydrogen) atoms. The van der Waals surface area contributed by atoms with Crippen LogP contribution in [0, 0.1) is 27.7 Å². The number of rotatable bonds is 8. The van der Waals surface area contributed by atoms with E-state index < -0.39 is 24.1 Å². The maximum Gasteiger partial charge on any atom is 4.00 e. The minimum Gasteiger partial charge on any atom is -0.657 e. The second-order valence-corrected chi connectivity index (χ2v) is 11.5. The molecule has 1 aliphatic rings. The van der Waals surface area contributed by atoms with Gasteiger partial charge in [0.25, 0.3) is 0 Å². The summed E-state index contributed by atoms with van der Waals surface area (Å²) in [7, 11) is 0. The van der Waals surface area contributed by atoms with Crippen LogP contribution in [0.4, 0.5) is 0 Å². The normalized spacial score (nSPS) is 16.5. The molecule has 4 aromatic rings. The molecular formula is C34H36FeN4O6. The van der Waals surface area contributed by atoms with Crippen LogP contribution in [0.15, 0.2) is 0 Å². The van der Waals surface area contributed by atoms with Crippen LogP contribution < -0.4 is 41.3 Å². The maximum absolute atomic E-state index is 11.5. The SMILES string of the molecule is Cc1c2[n-]c(c1CCC(=O)O)/C=c1\[n-]/c(c(C)c1CCC(=O)O)=C\c1[n-]c(c(C)c1C(C)O)/C=c1\[n-]/c(c(C)c1C(C)O)=C\2.[Fe+4]. The van der Waals surface area contributed by atoms with Gasteiger partial charge in [0.1, 0.15) is 0 Å². The Bertz CT molecular complexity index is 2040. The van der Waals surface area contributed by atoms with Crippen molar-refractivity contribution >= 4 is 36.2 Å². The Morgan fingerprint density at radius 1 is 0.578 bits per heavy atom. The molecule has 0 aromatic carbocycles. The van der Waals surface area contributed by atoms with E-state index in [1.807, 2.05) is 39.8 Å². The fourth-order valence-electron chi connectivity index (χ4n) is 6.15. The van der Waals surface area contributed by atoms with Gasteiger partial charge in [0.05, 0.1) is 12.2 Å². The van der Waals surface area contributed by atoms with Crippen LogP contribution >= 0.6 is 0 Å². The van der Waals surface area contributed by atoms with E-state index in [0.29, 0.717) is 55.3 Å². The predicted molar refractivity (Wildman–Crippen MR) is 164 cm³/mol. The first-order valence-electron chi connectivity index (χ1n) is 14.6. The number of aliphatic hydroxyl groups excluding tert-OH is 2. The third-order valence-corrected chi connectivity index (χ3v) is 8.49. The van der Waals surface area contributed by atoms with E-state index >= 15 is 0 Å². The monoisotopic (exact) mass is 652 g/mol. The summed E-state index contributed by atoms with van der Waals surface area (Å²) in [6.07, 6.45) is 5.93. The summed E-state index contributed by atoms with van der Waals surface area (Å²) >= 11 is 0. The van der Waals surface area contributed by atoms with Crippen molar-refractivity contribution in [3.63, 3.8) is 0 Å². The Morgan fingerprint density at radius 2 is 1.04 bits per heavy atom.